The van der Waals surface area contributed by atoms with Gasteiger partial charge in [0.2, 0.25) is 0 Å². The van der Waals surface area contributed by atoms with Crippen LogP contribution in [0.25, 0.3) is 0 Å². The molecule has 3 rings (SSSR count). The predicted octanol–water partition coefficient (Wildman–Crippen LogP) is 3.82. The van der Waals surface area contributed by atoms with Crippen LogP contribution < -0.4 is 0 Å². The third-order valence-corrected chi connectivity index (χ3v) is 8.18. The number of unbranched alkanes of at least 4 members (excludes halogenated alkanes) is 3. The minimum absolute atomic E-state index is 0.0560. The number of thioether (sulfide) groups is 1. The van der Waals surface area contributed by atoms with E-state index in [1.165, 1.54) is 43.0 Å². The summed E-state index contributed by atoms with van der Waals surface area (Å²) in [6.45, 7) is 2.21. The van der Waals surface area contributed by atoms with Gasteiger partial charge in [0.25, 0.3) is 0 Å². The van der Waals surface area contributed by atoms with Crippen molar-refractivity contribution < 1.29 is 13.2 Å². The number of nitrogens with zero attached hydrogens (tertiary/aromatic N) is 3. The van der Waals surface area contributed by atoms with Gasteiger partial charge in [0.1, 0.15) is 5.82 Å². The van der Waals surface area contributed by atoms with Gasteiger partial charge in [-0.15, -0.1) is 10.2 Å². The Morgan fingerprint density at radius 1 is 1.17 bits per heavy atom. The summed E-state index contributed by atoms with van der Waals surface area (Å²) in [5.41, 5.74) is 1.98. The molecule has 1 aromatic carbocycles. The van der Waals surface area contributed by atoms with Crippen LogP contribution in [-0.2, 0) is 23.3 Å². The number of rotatable bonds is 10. The summed E-state index contributed by atoms with van der Waals surface area (Å²) in [5, 5.41) is 8.99. The summed E-state index contributed by atoms with van der Waals surface area (Å²) < 4.78 is 25.2. The molecule has 0 spiro atoms. The lowest BCUT2D eigenvalue weighted by Gasteiger charge is -2.08. The highest BCUT2D eigenvalue weighted by atomic mass is 32.2. The Hall–Kier alpha value is -1.67. The van der Waals surface area contributed by atoms with Crippen LogP contribution in [0.2, 0.25) is 0 Å². The first-order valence-corrected chi connectivity index (χ1v) is 13.0. The monoisotopic (exact) mass is 435 g/mol. The van der Waals surface area contributed by atoms with Crippen molar-refractivity contribution >= 4 is 27.4 Å². The Bertz CT molecular complexity index is 937. The highest BCUT2D eigenvalue weighted by Gasteiger charge is 2.32. The molecule has 0 radical (unpaired) electrons. The third kappa shape index (κ3) is 5.92. The van der Waals surface area contributed by atoms with E-state index in [4.69, 9.17) is 0 Å². The van der Waals surface area contributed by atoms with Crippen LogP contribution >= 0.6 is 11.8 Å². The fourth-order valence-electron chi connectivity index (χ4n) is 3.63. The molecule has 8 heteroatoms. The fourth-order valence-corrected chi connectivity index (χ4v) is 6.18. The number of benzene rings is 1. The molecule has 0 saturated carbocycles. The van der Waals surface area contributed by atoms with E-state index in [9.17, 15) is 13.2 Å². The first-order chi connectivity index (χ1) is 13.9. The maximum atomic E-state index is 12.5. The molecule has 0 N–H and O–H groups in total. The average molecular weight is 436 g/mol. The van der Waals surface area contributed by atoms with Crippen LogP contribution in [0.4, 0.5) is 0 Å². The summed E-state index contributed by atoms with van der Waals surface area (Å²) >= 11 is 1.34. The largest absolute Gasteiger partial charge is 0.309 e. The quantitative estimate of drug-likeness (QED) is 0.321. The Morgan fingerprint density at radius 3 is 2.59 bits per heavy atom. The molecule has 158 valence electrons. The van der Waals surface area contributed by atoms with Gasteiger partial charge >= 0.3 is 0 Å². The molecule has 1 aliphatic heterocycles. The number of ketones is 1. The lowest BCUT2D eigenvalue weighted by molar-refractivity contribution is 0.102. The predicted molar refractivity (Wildman–Crippen MR) is 116 cm³/mol. The van der Waals surface area contributed by atoms with Crippen molar-refractivity contribution in [3.8, 4) is 0 Å². The molecule has 1 unspecified atom stereocenters. The number of carbonyl (C=O) groups is 1. The zero-order valence-electron chi connectivity index (χ0n) is 17.1. The fraction of sp³-hybridized carbons (Fsp3) is 0.571. The van der Waals surface area contributed by atoms with E-state index in [1.54, 1.807) is 0 Å². The van der Waals surface area contributed by atoms with Gasteiger partial charge < -0.3 is 4.57 Å². The van der Waals surface area contributed by atoms with Crippen LogP contribution in [0.3, 0.4) is 0 Å². The summed E-state index contributed by atoms with van der Waals surface area (Å²) in [4.78, 5) is 12.5. The molecular formula is C21H29N3O3S2. The van der Waals surface area contributed by atoms with Crippen molar-refractivity contribution in [2.45, 2.75) is 56.5 Å². The van der Waals surface area contributed by atoms with Crippen LogP contribution in [0, 0.1) is 0 Å². The molecule has 2 heterocycles. The van der Waals surface area contributed by atoms with E-state index in [1.807, 2.05) is 35.9 Å². The molecule has 1 fully saturated rings. The van der Waals surface area contributed by atoms with E-state index < -0.39 is 9.84 Å². The Kier molecular flexibility index (Phi) is 7.51. The lowest BCUT2D eigenvalue weighted by Crippen LogP contribution is -2.09. The molecule has 29 heavy (non-hydrogen) atoms. The molecular weight excluding hydrogens is 406 g/mol. The highest BCUT2D eigenvalue weighted by Crippen LogP contribution is 2.29. The second kappa shape index (κ2) is 9.89. The van der Waals surface area contributed by atoms with E-state index in [2.05, 4.69) is 17.1 Å². The minimum Gasteiger partial charge on any atom is -0.309 e. The summed E-state index contributed by atoms with van der Waals surface area (Å²) in [7, 11) is -1.13. The van der Waals surface area contributed by atoms with E-state index >= 15 is 0 Å². The van der Waals surface area contributed by atoms with E-state index in [0.717, 1.165) is 6.42 Å². The summed E-state index contributed by atoms with van der Waals surface area (Å²) in [6.07, 6.45) is 6.59. The van der Waals surface area contributed by atoms with Gasteiger partial charge in [-0.05, 0) is 24.8 Å². The second-order valence-corrected chi connectivity index (χ2v) is 10.9. The summed E-state index contributed by atoms with van der Waals surface area (Å²) in [5.74, 6) is 1.26. The molecule has 0 aliphatic carbocycles. The zero-order chi connectivity index (χ0) is 20.9. The molecule has 0 amide bonds. The molecule has 2 aromatic rings. The molecule has 1 aliphatic rings. The SMILES string of the molecule is CCCCCCc1ccc(C(=O)CSc2nnc(C3CCS(=O)(=O)C3)n2C)cc1. The van der Waals surface area contributed by atoms with E-state index in [0.29, 0.717) is 23.0 Å². The Balaban J connectivity index is 1.53. The van der Waals surface area contributed by atoms with Crippen LogP contribution in [0.15, 0.2) is 29.4 Å². The first-order valence-electron chi connectivity index (χ1n) is 10.2. The molecule has 1 aromatic heterocycles. The number of aryl methyl sites for hydroxylation is 1. The molecule has 1 atom stereocenters. The third-order valence-electron chi connectivity index (χ3n) is 5.39. The molecule has 1 saturated heterocycles. The molecule has 0 bridgehead atoms. The van der Waals surface area contributed by atoms with Gasteiger partial charge in [0.05, 0.1) is 17.3 Å². The van der Waals surface area contributed by atoms with Gasteiger partial charge in [0, 0.05) is 18.5 Å². The number of aromatic nitrogens is 3. The van der Waals surface area contributed by atoms with E-state index in [-0.39, 0.29) is 29.0 Å². The second-order valence-electron chi connectivity index (χ2n) is 7.72. The minimum atomic E-state index is -2.97. The number of hydrogen-bond donors (Lipinski definition) is 0. The van der Waals surface area contributed by atoms with Gasteiger partial charge in [-0.25, -0.2) is 8.42 Å². The number of carbonyl (C=O) groups excluding carboxylic acids is 1. The normalized spacial score (nSPS) is 18.2. The summed E-state index contributed by atoms with van der Waals surface area (Å²) in [6, 6.07) is 7.91. The maximum Gasteiger partial charge on any atom is 0.191 e. The van der Waals surface area contributed by atoms with Gasteiger partial charge in [-0.3, -0.25) is 4.79 Å². The van der Waals surface area contributed by atoms with Crippen LogP contribution in [0.1, 0.15) is 66.7 Å². The van der Waals surface area contributed by atoms with Crippen molar-refractivity contribution in [2.24, 2.45) is 7.05 Å². The van der Waals surface area contributed by atoms with Crippen LogP contribution in [-0.4, -0.2) is 46.2 Å². The van der Waals surface area contributed by atoms with Crippen molar-refractivity contribution in [1.82, 2.24) is 14.8 Å². The van der Waals surface area contributed by atoms with Crippen LogP contribution in [0.5, 0.6) is 0 Å². The first kappa shape index (κ1) is 22.0. The molecule has 6 nitrogen and oxygen atoms in total. The van der Waals surface area contributed by atoms with Crippen molar-refractivity contribution in [1.29, 1.82) is 0 Å². The Labute approximate surface area is 177 Å². The van der Waals surface area contributed by atoms with Crippen molar-refractivity contribution in [2.75, 3.05) is 17.3 Å². The zero-order valence-corrected chi connectivity index (χ0v) is 18.8. The number of sulfone groups is 1. The smallest absolute Gasteiger partial charge is 0.191 e. The van der Waals surface area contributed by atoms with Gasteiger partial charge in [-0.1, -0.05) is 62.2 Å². The van der Waals surface area contributed by atoms with Gasteiger partial charge in [0.15, 0.2) is 20.8 Å². The standard InChI is InChI=1S/C21H29N3O3S2/c1-3-4-5-6-7-16-8-10-17(11-9-16)19(25)14-28-21-23-22-20(24(21)2)18-12-13-29(26,27)15-18/h8-11,18H,3-7,12-15H2,1-2H3. The number of hydrogen-bond acceptors (Lipinski definition) is 6. The lowest BCUT2D eigenvalue weighted by atomic mass is 10.0. The topological polar surface area (TPSA) is 81.9 Å². The van der Waals surface area contributed by atoms with Gasteiger partial charge in [-0.2, -0.15) is 0 Å². The average Bonchev–Trinajstić information content (AvgIpc) is 3.25. The van der Waals surface area contributed by atoms with Crippen molar-refractivity contribution in [3.05, 3.63) is 41.2 Å². The van der Waals surface area contributed by atoms with Crippen molar-refractivity contribution in [3.63, 3.8) is 0 Å². The maximum absolute atomic E-state index is 12.5. The Morgan fingerprint density at radius 2 is 1.93 bits per heavy atom. The number of Topliss-reactive ketones (excluding diaryl/α,β-unsaturated/α-hetero) is 1. The highest BCUT2D eigenvalue weighted by molar-refractivity contribution is 7.99.